The van der Waals surface area contributed by atoms with Crippen molar-refractivity contribution >= 4 is 28.6 Å². The van der Waals surface area contributed by atoms with E-state index in [1.165, 1.54) is 0 Å². The van der Waals surface area contributed by atoms with Gasteiger partial charge in [-0.25, -0.2) is 4.79 Å². The lowest BCUT2D eigenvalue weighted by atomic mass is 10.1. The van der Waals surface area contributed by atoms with Crippen LogP contribution in [0.2, 0.25) is 0 Å². The van der Waals surface area contributed by atoms with E-state index in [4.69, 9.17) is 4.74 Å². The molecule has 2 rings (SSSR count). The number of carbonyl (C=O) groups excluding carboxylic acids is 1. The van der Waals surface area contributed by atoms with E-state index < -0.39 is 0 Å². The van der Waals surface area contributed by atoms with Gasteiger partial charge in [-0.15, -0.1) is 0 Å². The molecule has 0 N–H and O–H groups in total. The number of rotatable bonds is 0. The Kier molecular flexibility index (Phi) is 1.60. The van der Waals surface area contributed by atoms with Gasteiger partial charge in [-0.3, -0.25) is 0 Å². The van der Waals surface area contributed by atoms with E-state index in [0.717, 1.165) is 5.56 Å². The summed E-state index contributed by atoms with van der Waals surface area (Å²) in [7, 11) is 0. The zero-order valence-corrected chi connectivity index (χ0v) is 7.74. The van der Waals surface area contributed by atoms with Crippen molar-refractivity contribution in [1.29, 1.82) is 0 Å². The van der Waals surface area contributed by atoms with E-state index in [1.54, 1.807) is 6.07 Å². The topological polar surface area (TPSA) is 26.3 Å². The van der Waals surface area contributed by atoms with Gasteiger partial charge >= 0.3 is 5.97 Å². The Morgan fingerprint density at radius 2 is 2.09 bits per heavy atom. The maximum absolute atomic E-state index is 11.0. The first-order valence-electron chi connectivity index (χ1n) is 3.23. The van der Waals surface area contributed by atoms with Gasteiger partial charge in [0.15, 0.2) is 4.11 Å². The predicted molar refractivity (Wildman–Crippen MR) is 48.6 cm³/mol. The Hall–Kier alpha value is -0.580. The number of halogens is 1. The third-order valence-corrected chi connectivity index (χ3v) is 2.56. The molecule has 0 spiro atoms. The second kappa shape index (κ2) is 2.48. The van der Waals surface area contributed by atoms with Crippen molar-refractivity contribution in [2.45, 2.75) is 4.11 Å². The van der Waals surface area contributed by atoms with Gasteiger partial charge in [-0.05, 0) is 28.7 Å². The van der Waals surface area contributed by atoms with Crippen molar-refractivity contribution in [1.82, 2.24) is 0 Å². The third-order valence-electron chi connectivity index (χ3n) is 1.64. The van der Waals surface area contributed by atoms with E-state index in [2.05, 4.69) is 22.6 Å². The number of fused-ring (bicyclic) bond motifs is 1. The maximum Gasteiger partial charge on any atom is 0.339 e. The molecule has 1 aliphatic rings. The van der Waals surface area contributed by atoms with Crippen LogP contribution in [0.3, 0.4) is 0 Å². The average molecular weight is 260 g/mol. The van der Waals surface area contributed by atoms with Crippen LogP contribution < -0.4 is 0 Å². The minimum Gasteiger partial charge on any atom is -0.443 e. The van der Waals surface area contributed by atoms with Gasteiger partial charge in [0.1, 0.15) is 0 Å². The molecule has 11 heavy (non-hydrogen) atoms. The second-order valence-electron chi connectivity index (χ2n) is 2.31. The van der Waals surface area contributed by atoms with E-state index >= 15 is 0 Å². The van der Waals surface area contributed by atoms with Crippen LogP contribution in [0.5, 0.6) is 0 Å². The molecule has 0 radical (unpaired) electrons. The normalized spacial score (nSPS) is 21.2. The van der Waals surface area contributed by atoms with Gasteiger partial charge in [0.05, 0.1) is 5.56 Å². The summed E-state index contributed by atoms with van der Waals surface area (Å²) in [4.78, 5) is 11.0. The minimum absolute atomic E-state index is 0.101. The fourth-order valence-electron chi connectivity index (χ4n) is 1.10. The van der Waals surface area contributed by atoms with Gasteiger partial charge in [-0.1, -0.05) is 18.2 Å². The maximum atomic E-state index is 11.0. The highest BCUT2D eigenvalue weighted by Gasteiger charge is 2.27. The first-order valence-corrected chi connectivity index (χ1v) is 4.47. The smallest absolute Gasteiger partial charge is 0.339 e. The summed E-state index contributed by atoms with van der Waals surface area (Å²) in [6.07, 6.45) is 0. The van der Waals surface area contributed by atoms with Crippen LogP contribution in [0.15, 0.2) is 24.3 Å². The standard InChI is InChI=1S/C8H5IO2/c9-7-5-3-1-2-4-6(5)8(10)11-7/h1-4,7H. The lowest BCUT2D eigenvalue weighted by Gasteiger charge is -1.97. The molecule has 1 unspecified atom stereocenters. The Morgan fingerprint density at radius 1 is 1.36 bits per heavy atom. The van der Waals surface area contributed by atoms with Crippen LogP contribution in [0.25, 0.3) is 0 Å². The van der Waals surface area contributed by atoms with Gasteiger partial charge in [0.2, 0.25) is 0 Å². The number of hydrogen-bond acceptors (Lipinski definition) is 2. The Bertz CT molecular complexity index is 309. The lowest BCUT2D eigenvalue weighted by Crippen LogP contribution is -1.92. The molecule has 56 valence electrons. The number of hydrogen-bond donors (Lipinski definition) is 0. The van der Waals surface area contributed by atoms with Crippen LogP contribution >= 0.6 is 22.6 Å². The highest BCUT2D eigenvalue weighted by Crippen LogP contribution is 2.34. The van der Waals surface area contributed by atoms with Gasteiger partial charge in [0, 0.05) is 5.56 Å². The van der Waals surface area contributed by atoms with E-state index in [9.17, 15) is 4.79 Å². The van der Waals surface area contributed by atoms with Crippen molar-refractivity contribution < 1.29 is 9.53 Å². The van der Waals surface area contributed by atoms with Crippen LogP contribution in [0, 0.1) is 0 Å². The quantitative estimate of drug-likeness (QED) is 0.406. The summed E-state index contributed by atoms with van der Waals surface area (Å²) in [5.41, 5.74) is 1.69. The molecule has 0 amide bonds. The fourth-order valence-corrected chi connectivity index (χ4v) is 1.88. The van der Waals surface area contributed by atoms with Gasteiger partial charge in [0.25, 0.3) is 0 Å². The van der Waals surface area contributed by atoms with Crippen LogP contribution in [-0.2, 0) is 4.74 Å². The highest BCUT2D eigenvalue weighted by atomic mass is 127. The number of esters is 1. The lowest BCUT2D eigenvalue weighted by molar-refractivity contribution is 0.0541. The molecular weight excluding hydrogens is 255 g/mol. The second-order valence-corrected chi connectivity index (χ2v) is 3.44. The highest BCUT2D eigenvalue weighted by molar-refractivity contribution is 14.1. The molecule has 1 aromatic rings. The fraction of sp³-hybridized carbons (Fsp3) is 0.125. The zero-order chi connectivity index (χ0) is 7.84. The summed E-state index contributed by atoms with van der Waals surface area (Å²) < 4.78 is 4.88. The van der Waals surface area contributed by atoms with Crippen molar-refractivity contribution in [2.75, 3.05) is 0 Å². The predicted octanol–water partition coefficient (Wildman–Crippen LogP) is 2.29. The van der Waals surface area contributed by atoms with Crippen molar-refractivity contribution in [2.24, 2.45) is 0 Å². The summed E-state index contributed by atoms with van der Waals surface area (Å²) in [6, 6.07) is 7.45. The van der Waals surface area contributed by atoms with E-state index in [-0.39, 0.29) is 10.1 Å². The van der Waals surface area contributed by atoms with Crippen LogP contribution in [0.4, 0.5) is 0 Å². The Morgan fingerprint density at radius 3 is 2.82 bits per heavy atom. The monoisotopic (exact) mass is 260 g/mol. The molecule has 0 bridgehead atoms. The zero-order valence-electron chi connectivity index (χ0n) is 5.58. The number of carbonyl (C=O) groups is 1. The summed E-state index contributed by atoms with van der Waals surface area (Å²) >= 11 is 2.10. The van der Waals surface area contributed by atoms with Gasteiger partial charge < -0.3 is 4.74 Å². The summed E-state index contributed by atoms with van der Waals surface area (Å²) in [6.45, 7) is 0. The Balaban J connectivity index is 2.60. The SMILES string of the molecule is O=C1OC(I)c2ccccc21. The molecule has 0 aliphatic carbocycles. The molecule has 1 aromatic carbocycles. The molecule has 1 atom stereocenters. The largest absolute Gasteiger partial charge is 0.443 e. The van der Waals surface area contributed by atoms with Gasteiger partial charge in [-0.2, -0.15) is 0 Å². The molecule has 0 aromatic heterocycles. The minimum atomic E-state index is -0.208. The van der Waals surface area contributed by atoms with E-state index in [0.29, 0.717) is 5.56 Å². The average Bonchev–Trinajstić information content (AvgIpc) is 2.30. The third kappa shape index (κ3) is 1.03. The van der Waals surface area contributed by atoms with Crippen LogP contribution in [0.1, 0.15) is 20.0 Å². The van der Waals surface area contributed by atoms with Crippen molar-refractivity contribution in [3.63, 3.8) is 0 Å². The first kappa shape index (κ1) is 7.09. The summed E-state index contributed by atoms with van der Waals surface area (Å²) in [5.74, 6) is -0.208. The van der Waals surface area contributed by atoms with Crippen LogP contribution in [-0.4, -0.2) is 5.97 Å². The number of alkyl halides is 1. The first-order chi connectivity index (χ1) is 5.29. The summed E-state index contributed by atoms with van der Waals surface area (Å²) in [5, 5.41) is 0. The Labute approximate surface area is 77.7 Å². The molecule has 0 saturated carbocycles. The molecule has 1 aliphatic heterocycles. The van der Waals surface area contributed by atoms with Crippen molar-refractivity contribution in [3.05, 3.63) is 35.4 Å². The number of cyclic esters (lactones) is 1. The molecule has 0 fully saturated rings. The van der Waals surface area contributed by atoms with Crippen molar-refractivity contribution in [3.8, 4) is 0 Å². The molecule has 2 nitrogen and oxygen atoms in total. The molecular formula is C8H5IO2. The van der Waals surface area contributed by atoms with E-state index in [1.807, 2.05) is 18.2 Å². The molecule has 1 heterocycles. The molecule has 0 saturated heterocycles. The number of ether oxygens (including phenoxy) is 1. The number of benzene rings is 1. The molecule has 3 heteroatoms.